The summed E-state index contributed by atoms with van der Waals surface area (Å²) in [6, 6.07) is 6.56. The third-order valence-electron chi connectivity index (χ3n) is 7.53. The van der Waals surface area contributed by atoms with Crippen LogP contribution in [0.4, 0.5) is 10.3 Å². The summed E-state index contributed by atoms with van der Waals surface area (Å²) in [5, 5.41) is 5.00. The maximum Gasteiger partial charge on any atom is 0.232 e. The van der Waals surface area contributed by atoms with Crippen molar-refractivity contribution in [2.24, 2.45) is 11.8 Å². The minimum atomic E-state index is -0.269. The number of carbonyl (C=O) groups is 1. The van der Waals surface area contributed by atoms with Crippen molar-refractivity contribution in [2.45, 2.75) is 83.2 Å². The molecule has 3 aliphatic rings. The van der Waals surface area contributed by atoms with E-state index in [1.165, 1.54) is 37.8 Å². The van der Waals surface area contributed by atoms with E-state index >= 15 is 0 Å². The molecule has 1 amide bonds. The molecule has 1 aromatic carbocycles. The van der Waals surface area contributed by atoms with E-state index in [9.17, 15) is 9.18 Å². The first-order chi connectivity index (χ1) is 14.5. The fraction of sp³-hybridized carbons (Fsp3) is 0.625. The molecule has 0 unspecified atom stereocenters. The zero-order valence-corrected chi connectivity index (χ0v) is 18.0. The number of halogens is 1. The first-order valence-electron chi connectivity index (χ1n) is 11.6. The molecule has 2 heterocycles. The highest BCUT2D eigenvalue weighted by molar-refractivity contribution is 5.94. The minimum Gasteiger partial charge on any atom is -0.277 e. The molecule has 0 saturated heterocycles. The smallest absolute Gasteiger partial charge is 0.232 e. The molecule has 5 nitrogen and oxygen atoms in total. The van der Waals surface area contributed by atoms with Gasteiger partial charge in [-0.1, -0.05) is 46.0 Å². The molecule has 2 aliphatic carbocycles. The Hall–Kier alpha value is -2.24. The highest BCUT2D eigenvalue weighted by Gasteiger charge is 2.55. The zero-order chi connectivity index (χ0) is 20.9. The molecule has 2 atom stereocenters. The Morgan fingerprint density at radius 3 is 2.47 bits per heavy atom. The summed E-state index contributed by atoms with van der Waals surface area (Å²) in [7, 11) is 0. The van der Waals surface area contributed by atoms with Crippen LogP contribution in [0, 0.1) is 17.7 Å². The van der Waals surface area contributed by atoms with E-state index in [0.29, 0.717) is 17.7 Å². The van der Waals surface area contributed by atoms with Crippen LogP contribution in [0.3, 0.4) is 0 Å². The quantitative estimate of drug-likeness (QED) is 0.675. The molecule has 5 rings (SSSR count). The van der Waals surface area contributed by atoms with Gasteiger partial charge in [0.05, 0.1) is 5.54 Å². The lowest BCUT2D eigenvalue weighted by Gasteiger charge is -2.55. The van der Waals surface area contributed by atoms with Gasteiger partial charge < -0.3 is 0 Å². The largest absolute Gasteiger partial charge is 0.277 e. The molecule has 2 saturated carbocycles. The van der Waals surface area contributed by atoms with Gasteiger partial charge >= 0.3 is 0 Å². The van der Waals surface area contributed by atoms with Gasteiger partial charge in [-0.15, -0.1) is 5.10 Å². The molecular weight excluding hydrogens is 379 g/mol. The topological polar surface area (TPSA) is 51.0 Å². The van der Waals surface area contributed by atoms with Gasteiger partial charge in [-0.25, -0.2) is 9.07 Å². The van der Waals surface area contributed by atoms with Crippen molar-refractivity contribution in [3.05, 3.63) is 30.1 Å². The Balaban J connectivity index is 1.70. The monoisotopic (exact) mass is 410 g/mol. The van der Waals surface area contributed by atoms with Crippen LogP contribution in [0.1, 0.15) is 71.6 Å². The number of nitrogens with zero attached hydrogens (tertiary/aromatic N) is 4. The number of carbonyl (C=O) groups excluding carboxylic acids is 1. The molecule has 6 heteroatoms. The number of anilines is 1. The van der Waals surface area contributed by atoms with Crippen LogP contribution in [-0.2, 0) is 10.3 Å². The lowest BCUT2D eigenvalue weighted by molar-refractivity contribution is -0.123. The van der Waals surface area contributed by atoms with Crippen LogP contribution in [0.5, 0.6) is 0 Å². The Kier molecular flexibility index (Phi) is 4.91. The standard InChI is InChI=1S/C24H31FN4O/c1-16(2)22(30)28-20-9-5-4-8-19(20)24(14-6-3-7-15-24)29-23(28)26-21(27-29)17-10-12-18(25)13-11-17/h10-13,16,19-20H,3-9,14-15H2,1-2H3/t19-,20+/m1/s1. The molecule has 0 N–H and O–H groups in total. The molecule has 0 radical (unpaired) electrons. The lowest BCUT2D eigenvalue weighted by atomic mass is 9.64. The molecule has 30 heavy (non-hydrogen) atoms. The van der Waals surface area contributed by atoms with Gasteiger partial charge in [0.1, 0.15) is 5.82 Å². The van der Waals surface area contributed by atoms with Gasteiger partial charge in [0.2, 0.25) is 11.9 Å². The Morgan fingerprint density at radius 2 is 1.77 bits per heavy atom. The predicted octanol–water partition coefficient (Wildman–Crippen LogP) is 5.31. The van der Waals surface area contributed by atoms with E-state index in [1.54, 1.807) is 12.1 Å². The van der Waals surface area contributed by atoms with E-state index in [4.69, 9.17) is 10.1 Å². The van der Waals surface area contributed by atoms with Crippen molar-refractivity contribution >= 4 is 11.9 Å². The second-order valence-corrected chi connectivity index (χ2v) is 9.64. The van der Waals surface area contributed by atoms with Crippen molar-refractivity contribution in [1.29, 1.82) is 0 Å². The fourth-order valence-electron chi connectivity index (χ4n) is 6.12. The summed E-state index contributed by atoms with van der Waals surface area (Å²) >= 11 is 0. The third-order valence-corrected chi connectivity index (χ3v) is 7.53. The molecule has 1 aliphatic heterocycles. The Morgan fingerprint density at radius 1 is 1.07 bits per heavy atom. The fourth-order valence-corrected chi connectivity index (χ4v) is 6.12. The number of benzene rings is 1. The van der Waals surface area contributed by atoms with E-state index in [2.05, 4.69) is 4.68 Å². The number of hydrogen-bond acceptors (Lipinski definition) is 3. The molecule has 1 aromatic heterocycles. The van der Waals surface area contributed by atoms with E-state index in [1.807, 2.05) is 18.7 Å². The van der Waals surface area contributed by atoms with E-state index < -0.39 is 0 Å². The SMILES string of the molecule is CC(C)C(=O)N1c2nc(-c3ccc(F)cc3)nn2C2(CCCCC2)[C@@H]2CCCC[C@@H]21. The predicted molar refractivity (Wildman–Crippen MR) is 115 cm³/mol. The molecule has 1 spiro atoms. The van der Waals surface area contributed by atoms with Crippen molar-refractivity contribution < 1.29 is 9.18 Å². The van der Waals surface area contributed by atoms with Crippen LogP contribution >= 0.6 is 0 Å². The van der Waals surface area contributed by atoms with Gasteiger partial charge in [-0.2, -0.15) is 4.98 Å². The average molecular weight is 411 g/mol. The second-order valence-electron chi connectivity index (χ2n) is 9.64. The average Bonchev–Trinajstić information content (AvgIpc) is 3.21. The number of aromatic nitrogens is 3. The highest BCUT2D eigenvalue weighted by atomic mass is 19.1. The maximum absolute atomic E-state index is 13.5. The lowest BCUT2D eigenvalue weighted by Crippen LogP contribution is -2.62. The van der Waals surface area contributed by atoms with E-state index in [-0.39, 0.29) is 29.2 Å². The minimum absolute atomic E-state index is 0.0439. The molecule has 160 valence electrons. The summed E-state index contributed by atoms with van der Waals surface area (Å²) in [6.45, 7) is 3.93. The van der Waals surface area contributed by atoms with Crippen LogP contribution in [0.25, 0.3) is 11.4 Å². The molecule has 2 aromatic rings. The maximum atomic E-state index is 13.5. The van der Waals surface area contributed by atoms with Crippen molar-refractivity contribution in [2.75, 3.05) is 4.90 Å². The Labute approximate surface area is 177 Å². The normalized spacial score (nSPS) is 25.3. The van der Waals surface area contributed by atoms with Crippen molar-refractivity contribution in [3.63, 3.8) is 0 Å². The first-order valence-corrected chi connectivity index (χ1v) is 11.6. The Bertz CT molecular complexity index is 929. The van der Waals surface area contributed by atoms with Gasteiger partial charge in [-0.3, -0.25) is 9.69 Å². The highest BCUT2D eigenvalue weighted by Crippen LogP contribution is 2.53. The van der Waals surface area contributed by atoms with Crippen molar-refractivity contribution in [3.8, 4) is 11.4 Å². The van der Waals surface area contributed by atoms with Gasteiger partial charge in [0.25, 0.3) is 0 Å². The van der Waals surface area contributed by atoms with Crippen LogP contribution < -0.4 is 4.90 Å². The summed E-state index contributed by atoms with van der Waals surface area (Å²) < 4.78 is 15.6. The van der Waals surface area contributed by atoms with Crippen molar-refractivity contribution in [1.82, 2.24) is 14.8 Å². The number of fused-ring (bicyclic) bond motifs is 4. The van der Waals surface area contributed by atoms with Crippen LogP contribution in [0.15, 0.2) is 24.3 Å². The first kappa shape index (κ1) is 19.7. The summed E-state index contributed by atoms with van der Waals surface area (Å²) in [6.07, 6.45) is 10.5. The second kappa shape index (κ2) is 7.47. The van der Waals surface area contributed by atoms with Gasteiger partial charge in [0, 0.05) is 23.4 Å². The summed E-state index contributed by atoms with van der Waals surface area (Å²) in [5.41, 5.74) is 0.752. The van der Waals surface area contributed by atoms with Gasteiger partial charge in [-0.05, 0) is 49.9 Å². The third kappa shape index (κ3) is 2.98. The number of rotatable bonds is 2. The molecular formula is C24H31FN4O. The van der Waals surface area contributed by atoms with Gasteiger partial charge in [0.15, 0.2) is 5.82 Å². The van der Waals surface area contributed by atoms with Crippen LogP contribution in [-0.4, -0.2) is 26.7 Å². The summed E-state index contributed by atoms with van der Waals surface area (Å²) in [4.78, 5) is 20.3. The number of hydrogen-bond donors (Lipinski definition) is 0. The molecule has 0 bridgehead atoms. The van der Waals surface area contributed by atoms with E-state index in [0.717, 1.165) is 37.7 Å². The zero-order valence-electron chi connectivity index (χ0n) is 18.0. The molecule has 2 fully saturated rings. The summed E-state index contributed by atoms with van der Waals surface area (Å²) in [5.74, 6) is 1.51. The van der Waals surface area contributed by atoms with Crippen LogP contribution in [0.2, 0.25) is 0 Å². The number of amides is 1.